The van der Waals surface area contributed by atoms with Crippen LogP contribution in [0.1, 0.15) is 53.4 Å². The van der Waals surface area contributed by atoms with Gasteiger partial charge < -0.3 is 10.6 Å². The van der Waals surface area contributed by atoms with E-state index in [2.05, 4.69) is 10.6 Å². The Kier molecular flexibility index (Phi) is 10.4. The van der Waals surface area contributed by atoms with Crippen molar-refractivity contribution in [2.45, 2.75) is 53.4 Å². The van der Waals surface area contributed by atoms with E-state index in [1.807, 2.05) is 13.8 Å². The van der Waals surface area contributed by atoms with Crippen molar-refractivity contribution in [3.63, 3.8) is 0 Å². The second kappa shape index (κ2) is 11.3. The van der Waals surface area contributed by atoms with E-state index in [1.54, 1.807) is 26.0 Å². The standard InChI is InChI=1S/C16H28N2O2/c1-13(11-15(3)19)17-9-7-5-6-8-10-18-14(2)12-16(4)20/h11-12,17-18H,5-10H2,1-4H3/b13-11-,14-12-. The van der Waals surface area contributed by atoms with Gasteiger partial charge in [-0.25, -0.2) is 0 Å². The van der Waals surface area contributed by atoms with Gasteiger partial charge in [-0.2, -0.15) is 0 Å². The average molecular weight is 280 g/mol. The maximum atomic E-state index is 10.8. The first-order valence-corrected chi connectivity index (χ1v) is 7.27. The van der Waals surface area contributed by atoms with Crippen LogP contribution >= 0.6 is 0 Å². The summed E-state index contributed by atoms with van der Waals surface area (Å²) in [7, 11) is 0. The van der Waals surface area contributed by atoms with Gasteiger partial charge in [-0.05, 0) is 52.7 Å². The number of carbonyl (C=O) groups excluding carboxylic acids is 2. The molecule has 0 fully saturated rings. The van der Waals surface area contributed by atoms with Crippen LogP contribution in [0.4, 0.5) is 0 Å². The van der Waals surface area contributed by atoms with E-state index < -0.39 is 0 Å². The zero-order valence-corrected chi connectivity index (χ0v) is 13.2. The van der Waals surface area contributed by atoms with Gasteiger partial charge in [0.25, 0.3) is 0 Å². The lowest BCUT2D eigenvalue weighted by Crippen LogP contribution is -2.15. The highest BCUT2D eigenvalue weighted by molar-refractivity contribution is 5.88. The molecule has 0 aliphatic rings. The van der Waals surface area contributed by atoms with Gasteiger partial charge in [0.2, 0.25) is 0 Å². The summed E-state index contributed by atoms with van der Waals surface area (Å²) < 4.78 is 0. The molecule has 0 radical (unpaired) electrons. The fraction of sp³-hybridized carbons (Fsp3) is 0.625. The summed E-state index contributed by atoms with van der Waals surface area (Å²) in [6.45, 7) is 8.75. The first kappa shape index (κ1) is 18.4. The molecule has 0 saturated carbocycles. The highest BCUT2D eigenvalue weighted by Gasteiger charge is 1.94. The third-order valence-electron chi connectivity index (χ3n) is 2.75. The number of carbonyl (C=O) groups is 2. The molecule has 20 heavy (non-hydrogen) atoms. The summed E-state index contributed by atoms with van der Waals surface area (Å²) in [5, 5.41) is 6.45. The van der Waals surface area contributed by atoms with E-state index in [-0.39, 0.29) is 11.6 Å². The van der Waals surface area contributed by atoms with Crippen molar-refractivity contribution in [2.75, 3.05) is 13.1 Å². The molecule has 4 heteroatoms. The van der Waals surface area contributed by atoms with Crippen molar-refractivity contribution in [1.29, 1.82) is 0 Å². The number of rotatable bonds is 11. The Morgan fingerprint density at radius 2 is 1.05 bits per heavy atom. The zero-order chi connectivity index (χ0) is 15.4. The minimum absolute atomic E-state index is 0.0788. The smallest absolute Gasteiger partial charge is 0.154 e. The summed E-state index contributed by atoms with van der Waals surface area (Å²) in [6.07, 6.45) is 7.77. The van der Waals surface area contributed by atoms with Crippen molar-refractivity contribution in [2.24, 2.45) is 0 Å². The van der Waals surface area contributed by atoms with E-state index in [9.17, 15) is 9.59 Å². The van der Waals surface area contributed by atoms with Crippen LogP contribution in [0.15, 0.2) is 23.5 Å². The molecule has 0 aliphatic carbocycles. The lowest BCUT2D eigenvalue weighted by atomic mass is 10.2. The molecule has 0 aromatic rings. The lowest BCUT2D eigenvalue weighted by Gasteiger charge is -2.07. The minimum atomic E-state index is 0.0788. The Balaban J connectivity index is 3.46. The number of ketones is 2. The second-order valence-electron chi connectivity index (χ2n) is 5.14. The molecule has 0 spiro atoms. The van der Waals surface area contributed by atoms with E-state index >= 15 is 0 Å². The van der Waals surface area contributed by atoms with Gasteiger partial charge in [-0.1, -0.05) is 12.8 Å². The van der Waals surface area contributed by atoms with E-state index in [4.69, 9.17) is 0 Å². The molecule has 0 saturated heterocycles. The van der Waals surface area contributed by atoms with Crippen molar-refractivity contribution in [3.8, 4) is 0 Å². The van der Waals surface area contributed by atoms with Gasteiger partial charge in [0, 0.05) is 24.5 Å². The fourth-order valence-corrected chi connectivity index (χ4v) is 1.89. The van der Waals surface area contributed by atoms with Crippen LogP contribution in [0.2, 0.25) is 0 Å². The molecule has 2 N–H and O–H groups in total. The summed E-state index contributed by atoms with van der Waals surface area (Å²) in [4.78, 5) is 21.7. The van der Waals surface area contributed by atoms with Crippen molar-refractivity contribution >= 4 is 11.6 Å². The summed E-state index contributed by atoms with van der Waals surface area (Å²) in [5.74, 6) is 0.158. The Labute approximate surface area is 122 Å². The van der Waals surface area contributed by atoms with Crippen LogP contribution in [0.3, 0.4) is 0 Å². The number of hydrogen-bond donors (Lipinski definition) is 2. The van der Waals surface area contributed by atoms with Gasteiger partial charge >= 0.3 is 0 Å². The van der Waals surface area contributed by atoms with Crippen LogP contribution in [-0.4, -0.2) is 24.7 Å². The maximum absolute atomic E-state index is 10.8. The van der Waals surface area contributed by atoms with Crippen LogP contribution in [-0.2, 0) is 9.59 Å². The average Bonchev–Trinajstić information content (AvgIpc) is 2.30. The van der Waals surface area contributed by atoms with Gasteiger partial charge in [0.05, 0.1) is 0 Å². The molecule has 114 valence electrons. The molecule has 0 heterocycles. The predicted octanol–water partition coefficient (Wildman–Crippen LogP) is 2.71. The monoisotopic (exact) mass is 280 g/mol. The molecule has 0 amide bonds. The van der Waals surface area contributed by atoms with Gasteiger partial charge in [0.15, 0.2) is 11.6 Å². The van der Waals surface area contributed by atoms with Crippen molar-refractivity contribution < 1.29 is 9.59 Å². The van der Waals surface area contributed by atoms with Gasteiger partial charge in [0.1, 0.15) is 0 Å². The third kappa shape index (κ3) is 12.9. The van der Waals surface area contributed by atoms with Crippen LogP contribution in [0, 0.1) is 0 Å². The molecule has 0 atom stereocenters. The summed E-state index contributed by atoms with van der Waals surface area (Å²) >= 11 is 0. The number of hydrogen-bond acceptors (Lipinski definition) is 4. The Morgan fingerprint density at radius 3 is 1.35 bits per heavy atom. The largest absolute Gasteiger partial charge is 0.388 e. The molecular weight excluding hydrogens is 252 g/mol. The highest BCUT2D eigenvalue weighted by atomic mass is 16.1. The Hall–Kier alpha value is -1.58. The van der Waals surface area contributed by atoms with Crippen LogP contribution in [0.25, 0.3) is 0 Å². The Bertz CT molecular complexity index is 335. The zero-order valence-electron chi connectivity index (χ0n) is 13.2. The molecular formula is C16H28N2O2. The van der Waals surface area contributed by atoms with E-state index in [1.165, 1.54) is 0 Å². The molecule has 0 aromatic heterocycles. The molecule has 0 aromatic carbocycles. The third-order valence-corrected chi connectivity index (χ3v) is 2.75. The van der Waals surface area contributed by atoms with Gasteiger partial charge in [-0.3, -0.25) is 9.59 Å². The summed E-state index contributed by atoms with van der Waals surface area (Å²) in [6, 6.07) is 0. The quantitative estimate of drug-likeness (QED) is 0.451. The number of allylic oxidation sites excluding steroid dienone is 4. The minimum Gasteiger partial charge on any atom is -0.388 e. The van der Waals surface area contributed by atoms with E-state index in [0.717, 1.165) is 50.2 Å². The molecule has 0 bridgehead atoms. The molecule has 0 aliphatic heterocycles. The molecule has 0 rings (SSSR count). The van der Waals surface area contributed by atoms with Crippen LogP contribution < -0.4 is 10.6 Å². The topological polar surface area (TPSA) is 58.2 Å². The fourth-order valence-electron chi connectivity index (χ4n) is 1.89. The molecule has 0 unspecified atom stereocenters. The second-order valence-corrected chi connectivity index (χ2v) is 5.14. The SMILES string of the molecule is CC(=O)/C=C(/C)NCCCCCCN/C(C)=C\C(C)=O. The first-order valence-electron chi connectivity index (χ1n) is 7.27. The Morgan fingerprint density at radius 1 is 0.700 bits per heavy atom. The number of unbranched alkanes of at least 4 members (excludes halogenated alkanes) is 3. The van der Waals surface area contributed by atoms with E-state index in [0.29, 0.717) is 0 Å². The maximum Gasteiger partial charge on any atom is 0.154 e. The summed E-state index contributed by atoms with van der Waals surface area (Å²) in [5.41, 5.74) is 1.87. The van der Waals surface area contributed by atoms with Gasteiger partial charge in [-0.15, -0.1) is 0 Å². The first-order chi connectivity index (χ1) is 9.41. The van der Waals surface area contributed by atoms with Crippen LogP contribution in [0.5, 0.6) is 0 Å². The molecule has 4 nitrogen and oxygen atoms in total. The van der Waals surface area contributed by atoms with Crippen molar-refractivity contribution in [3.05, 3.63) is 23.5 Å². The normalized spacial score (nSPS) is 12.2. The lowest BCUT2D eigenvalue weighted by molar-refractivity contribution is -0.113. The van der Waals surface area contributed by atoms with Crippen molar-refractivity contribution in [1.82, 2.24) is 10.6 Å². The number of nitrogens with one attached hydrogen (secondary N) is 2. The highest BCUT2D eigenvalue weighted by Crippen LogP contribution is 2.00. The predicted molar refractivity (Wildman–Crippen MR) is 83.3 cm³/mol.